The standard InChI is InChI=1S/C24H22N6O3S/c1-14-20(23(31)27-16-6-4-10-25-13-16)21(19-7-5-11-34-19)30-24(26-14)28-22(29-30)15-8-9-17(32-2)18(12-15)33-3/h4-13,21H,1-3H3,(H,27,31)(H,26,28,29). The Bertz CT molecular complexity index is 1360. The highest BCUT2D eigenvalue weighted by molar-refractivity contribution is 7.10. The summed E-state index contributed by atoms with van der Waals surface area (Å²) in [7, 11) is 3.18. The van der Waals surface area contributed by atoms with Crippen LogP contribution in [0, 0.1) is 0 Å². The Kier molecular flexibility index (Phi) is 5.72. The maximum atomic E-state index is 13.4. The number of nitrogens with one attached hydrogen (secondary N) is 2. The van der Waals surface area contributed by atoms with Gasteiger partial charge in [0.2, 0.25) is 5.95 Å². The zero-order chi connectivity index (χ0) is 23.7. The fourth-order valence-electron chi connectivity index (χ4n) is 3.89. The molecular formula is C24H22N6O3S. The number of hydrogen-bond donors (Lipinski definition) is 2. The topological polar surface area (TPSA) is 103 Å². The Labute approximate surface area is 200 Å². The van der Waals surface area contributed by atoms with Crippen LogP contribution in [0.5, 0.6) is 11.5 Å². The van der Waals surface area contributed by atoms with Crippen molar-refractivity contribution < 1.29 is 14.3 Å². The van der Waals surface area contributed by atoms with Gasteiger partial charge in [-0.3, -0.25) is 9.78 Å². The second-order valence-corrected chi connectivity index (χ2v) is 8.53. The quantitative estimate of drug-likeness (QED) is 0.428. The smallest absolute Gasteiger partial charge is 0.255 e. The van der Waals surface area contributed by atoms with Crippen molar-refractivity contribution in [3.8, 4) is 22.9 Å². The summed E-state index contributed by atoms with van der Waals surface area (Å²) in [5.74, 6) is 2.04. The van der Waals surface area contributed by atoms with Crippen LogP contribution < -0.4 is 20.1 Å². The lowest BCUT2D eigenvalue weighted by Gasteiger charge is -2.27. The fourth-order valence-corrected chi connectivity index (χ4v) is 4.71. The molecule has 3 aromatic heterocycles. The predicted molar refractivity (Wildman–Crippen MR) is 130 cm³/mol. The Morgan fingerprint density at radius 3 is 2.71 bits per heavy atom. The second kappa shape index (κ2) is 8.99. The molecule has 0 saturated carbocycles. The van der Waals surface area contributed by atoms with Crippen LogP contribution in [0.3, 0.4) is 0 Å². The van der Waals surface area contributed by atoms with Gasteiger partial charge in [0.15, 0.2) is 17.3 Å². The van der Waals surface area contributed by atoms with Crippen LogP contribution in [-0.2, 0) is 4.79 Å². The van der Waals surface area contributed by atoms with Crippen molar-refractivity contribution in [3.63, 3.8) is 0 Å². The maximum absolute atomic E-state index is 13.4. The monoisotopic (exact) mass is 474 g/mol. The van der Waals surface area contributed by atoms with E-state index in [-0.39, 0.29) is 5.91 Å². The number of carbonyl (C=O) groups excluding carboxylic acids is 1. The highest BCUT2D eigenvalue weighted by atomic mass is 32.1. The summed E-state index contributed by atoms with van der Waals surface area (Å²) in [6.45, 7) is 1.87. The van der Waals surface area contributed by atoms with Crippen molar-refractivity contribution in [2.45, 2.75) is 13.0 Å². The molecule has 1 aliphatic rings. The molecule has 34 heavy (non-hydrogen) atoms. The van der Waals surface area contributed by atoms with Crippen LogP contribution in [-0.4, -0.2) is 39.9 Å². The first-order valence-corrected chi connectivity index (χ1v) is 11.4. The number of fused-ring (bicyclic) bond motifs is 1. The van der Waals surface area contributed by atoms with Gasteiger partial charge in [0.05, 0.1) is 31.7 Å². The number of amides is 1. The Balaban J connectivity index is 1.56. The summed E-state index contributed by atoms with van der Waals surface area (Å²) in [4.78, 5) is 23.2. The number of nitrogens with zero attached hydrogens (tertiary/aromatic N) is 4. The van der Waals surface area contributed by atoms with Crippen LogP contribution >= 0.6 is 11.3 Å². The minimum atomic E-state index is -0.436. The van der Waals surface area contributed by atoms with E-state index in [9.17, 15) is 4.79 Å². The average molecular weight is 475 g/mol. The van der Waals surface area contributed by atoms with Crippen LogP contribution in [0.25, 0.3) is 11.4 Å². The molecule has 4 heterocycles. The van der Waals surface area contributed by atoms with Crippen molar-refractivity contribution in [3.05, 3.63) is 76.4 Å². The van der Waals surface area contributed by atoms with E-state index in [1.807, 2.05) is 42.6 Å². The van der Waals surface area contributed by atoms with Gasteiger partial charge in [0.25, 0.3) is 5.91 Å². The molecule has 4 aromatic rings. The van der Waals surface area contributed by atoms with E-state index in [1.165, 1.54) is 0 Å². The van der Waals surface area contributed by atoms with E-state index < -0.39 is 6.04 Å². The van der Waals surface area contributed by atoms with E-state index >= 15 is 0 Å². The van der Waals surface area contributed by atoms with Gasteiger partial charge in [-0.25, -0.2) is 4.68 Å². The first kappa shape index (κ1) is 21.7. The Hall–Kier alpha value is -4.18. The minimum absolute atomic E-state index is 0.231. The molecule has 0 aliphatic carbocycles. The molecule has 0 saturated heterocycles. The van der Waals surface area contributed by atoms with Crippen LogP contribution in [0.15, 0.2) is 71.5 Å². The first-order chi connectivity index (χ1) is 16.6. The normalized spacial score (nSPS) is 14.9. The highest BCUT2D eigenvalue weighted by Gasteiger charge is 2.35. The fraction of sp³-hybridized carbons (Fsp3) is 0.167. The van der Waals surface area contributed by atoms with Gasteiger partial charge in [-0.15, -0.1) is 16.4 Å². The summed E-state index contributed by atoms with van der Waals surface area (Å²) < 4.78 is 12.5. The van der Waals surface area contributed by atoms with Gasteiger partial charge in [0.1, 0.15) is 6.04 Å². The molecule has 1 aliphatic heterocycles. The number of rotatable bonds is 6. The largest absolute Gasteiger partial charge is 0.493 e. The van der Waals surface area contributed by atoms with Crippen molar-refractivity contribution in [2.24, 2.45) is 0 Å². The third-order valence-electron chi connectivity index (χ3n) is 5.47. The molecule has 2 N–H and O–H groups in total. The zero-order valence-electron chi connectivity index (χ0n) is 18.8. The van der Waals surface area contributed by atoms with Crippen molar-refractivity contribution in [1.82, 2.24) is 19.7 Å². The molecule has 1 amide bonds. The molecule has 1 unspecified atom stereocenters. The van der Waals surface area contributed by atoms with Gasteiger partial charge < -0.3 is 20.1 Å². The number of ether oxygens (including phenoxy) is 2. The van der Waals surface area contributed by atoms with Gasteiger partial charge in [-0.05, 0) is 48.7 Å². The van der Waals surface area contributed by atoms with E-state index in [1.54, 1.807) is 54.8 Å². The van der Waals surface area contributed by atoms with Crippen molar-refractivity contribution in [2.75, 3.05) is 24.9 Å². The molecule has 1 aromatic carbocycles. The third kappa shape index (κ3) is 3.88. The number of pyridine rings is 1. The number of anilines is 2. The Morgan fingerprint density at radius 2 is 2.00 bits per heavy atom. The lowest BCUT2D eigenvalue weighted by Crippen LogP contribution is -2.31. The molecule has 172 valence electrons. The molecule has 5 rings (SSSR count). The van der Waals surface area contributed by atoms with Crippen LogP contribution in [0.4, 0.5) is 11.6 Å². The van der Waals surface area contributed by atoms with Gasteiger partial charge in [-0.1, -0.05) is 6.07 Å². The maximum Gasteiger partial charge on any atom is 0.255 e. The van der Waals surface area contributed by atoms with Crippen molar-refractivity contribution >= 4 is 28.9 Å². The number of hydrogen-bond acceptors (Lipinski definition) is 8. The molecule has 1 atom stereocenters. The lowest BCUT2D eigenvalue weighted by atomic mass is 10.0. The van der Waals surface area contributed by atoms with Gasteiger partial charge >= 0.3 is 0 Å². The highest BCUT2D eigenvalue weighted by Crippen LogP contribution is 2.39. The van der Waals surface area contributed by atoms with E-state index in [2.05, 4.69) is 15.6 Å². The summed E-state index contributed by atoms with van der Waals surface area (Å²) in [5, 5.41) is 13.0. The molecule has 10 heteroatoms. The molecule has 0 radical (unpaired) electrons. The second-order valence-electron chi connectivity index (χ2n) is 7.55. The molecule has 0 spiro atoms. The zero-order valence-corrected chi connectivity index (χ0v) is 19.6. The number of aromatic nitrogens is 4. The minimum Gasteiger partial charge on any atom is -0.493 e. The summed E-state index contributed by atoms with van der Waals surface area (Å²) in [6, 6.07) is 12.6. The number of carbonyl (C=O) groups is 1. The number of thiophene rings is 1. The van der Waals surface area contributed by atoms with E-state index in [0.717, 1.165) is 10.4 Å². The summed E-state index contributed by atoms with van der Waals surface area (Å²) in [6.07, 6.45) is 3.27. The van der Waals surface area contributed by atoms with Gasteiger partial charge in [0, 0.05) is 22.3 Å². The van der Waals surface area contributed by atoms with Crippen molar-refractivity contribution in [1.29, 1.82) is 0 Å². The molecule has 0 fully saturated rings. The van der Waals surface area contributed by atoms with Crippen LogP contribution in [0.2, 0.25) is 0 Å². The predicted octanol–water partition coefficient (Wildman–Crippen LogP) is 4.35. The summed E-state index contributed by atoms with van der Waals surface area (Å²) in [5.41, 5.74) is 2.65. The van der Waals surface area contributed by atoms with E-state index in [4.69, 9.17) is 19.6 Å². The Morgan fingerprint density at radius 1 is 1.15 bits per heavy atom. The number of allylic oxidation sites excluding steroid dienone is 1. The molecule has 9 nitrogen and oxygen atoms in total. The van der Waals surface area contributed by atoms with Crippen LogP contribution in [0.1, 0.15) is 17.8 Å². The third-order valence-corrected chi connectivity index (χ3v) is 6.40. The molecular weight excluding hydrogens is 452 g/mol. The average Bonchev–Trinajstić information content (AvgIpc) is 3.53. The lowest BCUT2D eigenvalue weighted by molar-refractivity contribution is -0.113. The summed E-state index contributed by atoms with van der Waals surface area (Å²) >= 11 is 1.56. The number of benzene rings is 1. The number of methoxy groups -OCH3 is 2. The van der Waals surface area contributed by atoms with E-state index in [0.29, 0.717) is 40.2 Å². The van der Waals surface area contributed by atoms with Gasteiger partial charge in [-0.2, -0.15) is 4.98 Å². The first-order valence-electron chi connectivity index (χ1n) is 10.5. The molecule has 0 bridgehead atoms. The SMILES string of the molecule is COc1ccc(-c2nc3n(n2)C(c2cccs2)C(C(=O)Nc2cccnc2)=C(C)N3)cc1OC.